The fraction of sp³-hybridized carbons (Fsp3) is 0.727. The summed E-state index contributed by atoms with van der Waals surface area (Å²) in [6, 6.07) is -0.515. The molecule has 0 atom stereocenters. The zero-order valence-electron chi connectivity index (χ0n) is 9.91. The van der Waals surface area contributed by atoms with Gasteiger partial charge < -0.3 is 5.32 Å². The zero-order chi connectivity index (χ0) is 12.5. The van der Waals surface area contributed by atoms with E-state index in [4.69, 9.17) is 0 Å². The minimum Gasteiger partial charge on any atom is -0.322 e. The highest BCUT2D eigenvalue weighted by molar-refractivity contribution is 6.07. The summed E-state index contributed by atoms with van der Waals surface area (Å²) in [4.78, 5) is 35.1. The van der Waals surface area contributed by atoms with Crippen LogP contribution in [0.3, 0.4) is 0 Å². The monoisotopic (exact) mass is 239 g/mol. The van der Waals surface area contributed by atoms with Gasteiger partial charge in [0.15, 0.2) is 0 Å². The Morgan fingerprint density at radius 3 is 2.59 bits per heavy atom. The lowest BCUT2D eigenvalue weighted by molar-refractivity contribution is -0.139. The average molecular weight is 239 g/mol. The predicted octanol–water partition coefficient (Wildman–Crippen LogP) is 0.682. The number of rotatable bonds is 2. The Bertz CT molecular complexity index is 361. The standard InChI is InChI=1S/C11H17N3O3/c1-2-8(15)13-14-9(16)11(12-10(14)17)6-4-3-5-7-11/h2-7H2,1H3,(H,12,17)(H,13,15). The second-order valence-electron chi connectivity index (χ2n) is 4.60. The molecule has 17 heavy (non-hydrogen) atoms. The molecule has 4 amide bonds. The van der Waals surface area contributed by atoms with Crippen molar-refractivity contribution in [2.24, 2.45) is 0 Å². The smallest absolute Gasteiger partial charge is 0.322 e. The number of carbonyl (C=O) groups excluding carboxylic acids is 3. The van der Waals surface area contributed by atoms with Gasteiger partial charge in [-0.1, -0.05) is 26.2 Å². The Morgan fingerprint density at radius 1 is 1.35 bits per heavy atom. The molecule has 1 aliphatic carbocycles. The van der Waals surface area contributed by atoms with Crippen molar-refractivity contribution in [1.82, 2.24) is 15.8 Å². The molecular weight excluding hydrogens is 222 g/mol. The van der Waals surface area contributed by atoms with Crippen molar-refractivity contribution in [3.05, 3.63) is 0 Å². The van der Waals surface area contributed by atoms with Gasteiger partial charge in [0.1, 0.15) is 5.54 Å². The number of nitrogens with zero attached hydrogens (tertiary/aromatic N) is 1. The molecule has 2 rings (SSSR count). The zero-order valence-corrected chi connectivity index (χ0v) is 9.91. The number of hydrogen-bond donors (Lipinski definition) is 2. The second-order valence-corrected chi connectivity index (χ2v) is 4.60. The summed E-state index contributed by atoms with van der Waals surface area (Å²) in [6.07, 6.45) is 4.52. The van der Waals surface area contributed by atoms with Gasteiger partial charge in [0.2, 0.25) is 5.91 Å². The van der Waals surface area contributed by atoms with Crippen LogP contribution < -0.4 is 10.7 Å². The SMILES string of the molecule is CCC(=O)NN1C(=O)NC2(CCCCC2)C1=O. The van der Waals surface area contributed by atoms with Crippen LogP contribution >= 0.6 is 0 Å². The van der Waals surface area contributed by atoms with E-state index in [0.29, 0.717) is 12.8 Å². The van der Waals surface area contributed by atoms with E-state index in [1.807, 2.05) is 0 Å². The first kappa shape index (κ1) is 11.9. The molecule has 2 N–H and O–H groups in total. The molecule has 0 aromatic rings. The fourth-order valence-electron chi connectivity index (χ4n) is 2.42. The van der Waals surface area contributed by atoms with Crippen molar-refractivity contribution in [2.75, 3.05) is 0 Å². The van der Waals surface area contributed by atoms with Crippen LogP contribution in [0.5, 0.6) is 0 Å². The van der Waals surface area contributed by atoms with Crippen molar-refractivity contribution >= 4 is 17.8 Å². The maximum atomic E-state index is 12.2. The number of amides is 4. The molecule has 2 aliphatic rings. The van der Waals surface area contributed by atoms with Crippen LogP contribution in [0.4, 0.5) is 4.79 Å². The summed E-state index contributed by atoms with van der Waals surface area (Å²) in [5, 5.41) is 3.55. The predicted molar refractivity (Wildman–Crippen MR) is 59.6 cm³/mol. The number of hydrazine groups is 1. The van der Waals surface area contributed by atoms with Crippen LogP contribution in [0.25, 0.3) is 0 Å². The highest BCUT2D eigenvalue weighted by Gasteiger charge is 2.52. The quantitative estimate of drug-likeness (QED) is 0.696. The van der Waals surface area contributed by atoms with E-state index < -0.39 is 11.6 Å². The summed E-state index contributed by atoms with van der Waals surface area (Å²) in [5.41, 5.74) is 1.56. The first-order valence-electron chi connectivity index (χ1n) is 6.05. The first-order valence-corrected chi connectivity index (χ1v) is 6.05. The van der Waals surface area contributed by atoms with E-state index in [2.05, 4.69) is 10.7 Å². The number of imide groups is 1. The van der Waals surface area contributed by atoms with E-state index in [-0.39, 0.29) is 18.2 Å². The van der Waals surface area contributed by atoms with Gasteiger partial charge >= 0.3 is 6.03 Å². The molecule has 6 heteroatoms. The third-order valence-corrected chi connectivity index (χ3v) is 3.43. The van der Waals surface area contributed by atoms with Crippen molar-refractivity contribution in [2.45, 2.75) is 51.0 Å². The second kappa shape index (κ2) is 4.35. The summed E-state index contributed by atoms with van der Waals surface area (Å²) in [7, 11) is 0. The molecule has 0 aromatic carbocycles. The molecule has 1 heterocycles. The molecule has 1 saturated heterocycles. The van der Waals surface area contributed by atoms with Crippen LogP contribution in [0.1, 0.15) is 45.4 Å². The lowest BCUT2D eigenvalue weighted by Gasteiger charge is -2.30. The van der Waals surface area contributed by atoms with Crippen LogP contribution in [0, 0.1) is 0 Å². The van der Waals surface area contributed by atoms with E-state index in [9.17, 15) is 14.4 Å². The number of urea groups is 1. The molecule has 1 saturated carbocycles. The van der Waals surface area contributed by atoms with Gasteiger partial charge in [-0.2, -0.15) is 5.01 Å². The molecule has 6 nitrogen and oxygen atoms in total. The van der Waals surface area contributed by atoms with Crippen molar-refractivity contribution in [3.63, 3.8) is 0 Å². The molecule has 2 fully saturated rings. The van der Waals surface area contributed by atoms with Crippen molar-refractivity contribution < 1.29 is 14.4 Å². The van der Waals surface area contributed by atoms with Gasteiger partial charge in [0, 0.05) is 6.42 Å². The van der Waals surface area contributed by atoms with Crippen LogP contribution in [-0.2, 0) is 9.59 Å². The summed E-state index contributed by atoms with van der Waals surface area (Å²) < 4.78 is 0. The number of hydrogen-bond acceptors (Lipinski definition) is 3. The lowest BCUT2D eigenvalue weighted by Crippen LogP contribution is -2.50. The topological polar surface area (TPSA) is 78.5 Å². The molecule has 0 bridgehead atoms. The maximum absolute atomic E-state index is 12.2. The van der Waals surface area contributed by atoms with Gasteiger partial charge in [0.05, 0.1) is 0 Å². The molecule has 94 valence electrons. The molecular formula is C11H17N3O3. The molecule has 0 radical (unpaired) electrons. The van der Waals surface area contributed by atoms with E-state index in [0.717, 1.165) is 24.3 Å². The molecule has 1 aliphatic heterocycles. The van der Waals surface area contributed by atoms with Gasteiger partial charge in [-0.3, -0.25) is 15.0 Å². The van der Waals surface area contributed by atoms with E-state index in [1.165, 1.54) is 0 Å². The third-order valence-electron chi connectivity index (χ3n) is 3.43. The minimum atomic E-state index is -0.768. The fourth-order valence-corrected chi connectivity index (χ4v) is 2.42. The Hall–Kier alpha value is -1.59. The molecule has 0 aromatic heterocycles. The van der Waals surface area contributed by atoms with Crippen LogP contribution in [0.2, 0.25) is 0 Å². The van der Waals surface area contributed by atoms with Crippen molar-refractivity contribution in [3.8, 4) is 0 Å². The van der Waals surface area contributed by atoms with Crippen LogP contribution in [0.15, 0.2) is 0 Å². The lowest BCUT2D eigenvalue weighted by atomic mass is 9.82. The Balaban J connectivity index is 2.13. The largest absolute Gasteiger partial charge is 0.344 e. The van der Waals surface area contributed by atoms with Gasteiger partial charge in [-0.25, -0.2) is 4.79 Å². The normalized spacial score (nSPS) is 22.8. The minimum absolute atomic E-state index is 0.240. The molecule has 0 unspecified atom stereocenters. The Labute approximate surface area is 99.7 Å². The third kappa shape index (κ3) is 1.99. The van der Waals surface area contributed by atoms with Crippen molar-refractivity contribution in [1.29, 1.82) is 0 Å². The average Bonchev–Trinajstić information content (AvgIpc) is 2.55. The Kier molecular flexibility index (Phi) is 3.04. The maximum Gasteiger partial charge on any atom is 0.344 e. The summed E-state index contributed by atoms with van der Waals surface area (Å²) >= 11 is 0. The Morgan fingerprint density at radius 2 is 2.00 bits per heavy atom. The van der Waals surface area contributed by atoms with Gasteiger partial charge in [-0.15, -0.1) is 0 Å². The van der Waals surface area contributed by atoms with Crippen LogP contribution in [-0.4, -0.2) is 28.4 Å². The number of nitrogens with one attached hydrogen (secondary N) is 2. The highest BCUT2D eigenvalue weighted by atomic mass is 16.2. The van der Waals surface area contributed by atoms with Gasteiger partial charge in [-0.05, 0) is 12.8 Å². The summed E-state index contributed by atoms with van der Waals surface area (Å²) in [6.45, 7) is 1.67. The molecule has 1 spiro atoms. The number of carbonyl (C=O) groups is 3. The highest BCUT2D eigenvalue weighted by Crippen LogP contribution is 2.32. The van der Waals surface area contributed by atoms with E-state index in [1.54, 1.807) is 6.92 Å². The van der Waals surface area contributed by atoms with Gasteiger partial charge in [0.25, 0.3) is 5.91 Å². The van der Waals surface area contributed by atoms with E-state index >= 15 is 0 Å². The summed E-state index contributed by atoms with van der Waals surface area (Å²) in [5.74, 6) is -0.648. The first-order chi connectivity index (χ1) is 8.09.